The van der Waals surface area contributed by atoms with Gasteiger partial charge in [0.15, 0.2) is 5.75 Å². The van der Waals surface area contributed by atoms with Crippen LogP contribution in [-0.2, 0) is 16.0 Å². The summed E-state index contributed by atoms with van der Waals surface area (Å²) in [5.41, 5.74) is -1.42. The van der Waals surface area contributed by atoms with Crippen LogP contribution in [-0.4, -0.2) is 40.3 Å². The smallest absolute Gasteiger partial charge is 0.407 e. The number of nitrogens with zero attached hydrogens (tertiary/aromatic N) is 1. The maximum atomic E-state index is 12.3. The molecule has 0 unspecified atom stereocenters. The van der Waals surface area contributed by atoms with Gasteiger partial charge < -0.3 is 19.9 Å². The van der Waals surface area contributed by atoms with Crippen LogP contribution in [0.1, 0.15) is 66.4 Å². The van der Waals surface area contributed by atoms with Crippen molar-refractivity contribution in [2.24, 2.45) is 5.41 Å². The van der Waals surface area contributed by atoms with Crippen molar-refractivity contribution >= 4 is 17.7 Å². The Morgan fingerprint density at radius 3 is 2.39 bits per heavy atom. The van der Waals surface area contributed by atoms with Crippen LogP contribution in [0.3, 0.4) is 0 Å². The minimum Gasteiger partial charge on any atom is -0.487 e. The van der Waals surface area contributed by atoms with Crippen LogP contribution < -0.4 is 10.1 Å². The molecule has 0 aliphatic heterocycles. The first-order valence-electron chi connectivity index (χ1n) is 10.4. The van der Waals surface area contributed by atoms with E-state index in [2.05, 4.69) is 5.32 Å². The molecular weight excluding hydrogens is 404 g/mol. The number of hydrogen-bond acceptors (Lipinski definition) is 6. The largest absolute Gasteiger partial charge is 0.487 e. The van der Waals surface area contributed by atoms with Crippen molar-refractivity contribution in [1.29, 1.82) is 0 Å². The van der Waals surface area contributed by atoms with Gasteiger partial charge in [0.1, 0.15) is 5.60 Å². The second-order valence-corrected chi connectivity index (χ2v) is 9.20. The lowest BCUT2D eigenvalue weighted by Crippen LogP contribution is -2.43. The number of carboxylic acid groups (broad SMARTS) is 1. The van der Waals surface area contributed by atoms with Crippen LogP contribution in [0.5, 0.6) is 5.75 Å². The molecule has 0 fully saturated rings. The van der Waals surface area contributed by atoms with Crippen molar-refractivity contribution in [3.05, 3.63) is 33.9 Å². The lowest BCUT2D eigenvalue weighted by molar-refractivity contribution is -0.385. The minimum absolute atomic E-state index is 0.115. The fourth-order valence-electron chi connectivity index (χ4n) is 2.92. The molecule has 0 bridgehead atoms. The molecule has 1 amide bonds. The molecule has 0 saturated carbocycles. The number of carboxylic acids is 1. The first-order valence-corrected chi connectivity index (χ1v) is 10.4. The molecule has 174 valence electrons. The van der Waals surface area contributed by atoms with Gasteiger partial charge in [-0.1, -0.05) is 19.4 Å². The molecule has 0 aliphatic rings. The number of hydrogen-bond donors (Lipinski definition) is 2. The summed E-state index contributed by atoms with van der Waals surface area (Å²) in [6.45, 7) is 10.7. The number of carbonyl (C=O) groups is 2. The summed E-state index contributed by atoms with van der Waals surface area (Å²) in [6, 6.07) is 4.02. The first-order chi connectivity index (χ1) is 14.2. The van der Waals surface area contributed by atoms with Gasteiger partial charge in [0, 0.05) is 12.1 Å². The molecule has 9 nitrogen and oxygen atoms in total. The molecule has 0 radical (unpaired) electrons. The average molecular weight is 439 g/mol. The predicted octanol–water partition coefficient (Wildman–Crippen LogP) is 4.71. The van der Waals surface area contributed by atoms with Crippen LogP contribution in [0.4, 0.5) is 10.5 Å². The highest BCUT2D eigenvalue weighted by Gasteiger charge is 2.32. The van der Waals surface area contributed by atoms with E-state index < -0.39 is 34.0 Å². The number of ether oxygens (including phenoxy) is 2. The van der Waals surface area contributed by atoms with E-state index in [0.29, 0.717) is 12.2 Å². The van der Waals surface area contributed by atoms with Crippen molar-refractivity contribution in [3.63, 3.8) is 0 Å². The van der Waals surface area contributed by atoms with E-state index in [1.54, 1.807) is 40.7 Å². The minimum atomic E-state index is -1.12. The zero-order chi connectivity index (χ0) is 23.8. The molecule has 9 heteroatoms. The number of benzene rings is 1. The van der Waals surface area contributed by atoms with Crippen molar-refractivity contribution in [2.45, 2.75) is 78.9 Å². The van der Waals surface area contributed by atoms with Gasteiger partial charge in [-0.15, -0.1) is 0 Å². The van der Waals surface area contributed by atoms with Crippen molar-refractivity contribution < 1.29 is 29.1 Å². The number of aliphatic carboxylic acids is 1. The summed E-state index contributed by atoms with van der Waals surface area (Å²) >= 11 is 0. The van der Waals surface area contributed by atoms with E-state index in [9.17, 15) is 24.8 Å². The standard InChI is InChI=1S/C22H34N2O7/c1-7-8-11-30-18-10-9-15(13-17(18)24(28)29)12-16(14-22(5,6)19(25)26)23-20(27)31-21(2,3)4/h9-10,13,16H,7-8,11-12,14H2,1-6H3,(H,23,27)(H,25,26)/t16-/m0/s1. The summed E-state index contributed by atoms with van der Waals surface area (Å²) in [5, 5.41) is 23.7. The zero-order valence-electron chi connectivity index (χ0n) is 19.2. The summed E-state index contributed by atoms with van der Waals surface area (Å²) < 4.78 is 10.8. The number of alkyl carbamates (subject to hydrolysis) is 1. The molecule has 31 heavy (non-hydrogen) atoms. The van der Waals surface area contributed by atoms with E-state index in [1.165, 1.54) is 12.1 Å². The van der Waals surface area contributed by atoms with Gasteiger partial charge in [-0.3, -0.25) is 14.9 Å². The molecule has 1 atom stereocenters. The average Bonchev–Trinajstić information content (AvgIpc) is 2.60. The molecule has 0 aromatic heterocycles. The molecule has 1 rings (SSSR count). The molecule has 0 aliphatic carbocycles. The Bertz CT molecular complexity index is 785. The van der Waals surface area contributed by atoms with Crippen LogP contribution in [0.25, 0.3) is 0 Å². The Morgan fingerprint density at radius 1 is 1.23 bits per heavy atom. The second kappa shape index (κ2) is 11.0. The molecular formula is C22H34N2O7. The summed E-state index contributed by atoms with van der Waals surface area (Å²) in [5.74, 6) is -0.821. The van der Waals surface area contributed by atoms with Gasteiger partial charge in [-0.05, 0) is 65.5 Å². The Labute approximate surface area is 183 Å². The summed E-state index contributed by atoms with van der Waals surface area (Å²) in [7, 11) is 0. The third kappa shape index (κ3) is 9.23. The Kier molecular flexibility index (Phi) is 9.27. The van der Waals surface area contributed by atoms with Gasteiger partial charge in [-0.2, -0.15) is 0 Å². The monoisotopic (exact) mass is 438 g/mol. The number of unbranched alkanes of at least 4 members (excludes halogenated alkanes) is 1. The third-order valence-corrected chi connectivity index (χ3v) is 4.51. The third-order valence-electron chi connectivity index (χ3n) is 4.51. The second-order valence-electron chi connectivity index (χ2n) is 9.20. The van der Waals surface area contributed by atoms with Crippen LogP contribution in [0.2, 0.25) is 0 Å². The van der Waals surface area contributed by atoms with Gasteiger partial charge in [0.05, 0.1) is 16.9 Å². The number of nitro benzene ring substituents is 1. The highest BCUT2D eigenvalue weighted by Crippen LogP contribution is 2.30. The number of rotatable bonds is 11. The number of nitrogens with one attached hydrogen (secondary N) is 1. The van der Waals surface area contributed by atoms with Crippen LogP contribution in [0, 0.1) is 15.5 Å². The van der Waals surface area contributed by atoms with Crippen molar-refractivity contribution in [2.75, 3.05) is 6.61 Å². The predicted molar refractivity (Wildman–Crippen MR) is 116 cm³/mol. The number of nitro groups is 1. The Hall–Kier alpha value is -2.84. The summed E-state index contributed by atoms with van der Waals surface area (Å²) in [4.78, 5) is 34.9. The SMILES string of the molecule is CCCCOc1ccc(C[C@@H](CC(C)(C)C(=O)O)NC(=O)OC(C)(C)C)cc1[N+](=O)[O-]. The number of amides is 1. The molecule has 1 aromatic carbocycles. The first kappa shape index (κ1) is 26.2. The topological polar surface area (TPSA) is 128 Å². The number of carbonyl (C=O) groups excluding carboxylic acids is 1. The lowest BCUT2D eigenvalue weighted by atomic mass is 9.84. The van der Waals surface area contributed by atoms with Crippen molar-refractivity contribution in [1.82, 2.24) is 5.32 Å². The summed E-state index contributed by atoms with van der Waals surface area (Å²) in [6.07, 6.45) is 1.33. The molecule has 2 N–H and O–H groups in total. The van der Waals surface area contributed by atoms with E-state index in [1.807, 2.05) is 6.92 Å². The Morgan fingerprint density at radius 2 is 1.87 bits per heavy atom. The molecule has 0 heterocycles. The molecule has 0 spiro atoms. The Balaban J connectivity index is 3.11. The highest BCUT2D eigenvalue weighted by molar-refractivity contribution is 5.74. The molecule has 1 aromatic rings. The fraction of sp³-hybridized carbons (Fsp3) is 0.636. The van der Waals surface area contributed by atoms with Gasteiger partial charge >= 0.3 is 17.7 Å². The quantitative estimate of drug-likeness (QED) is 0.291. The maximum absolute atomic E-state index is 12.3. The zero-order valence-corrected chi connectivity index (χ0v) is 19.2. The van der Waals surface area contributed by atoms with E-state index in [-0.39, 0.29) is 24.3 Å². The van der Waals surface area contributed by atoms with Crippen LogP contribution in [0.15, 0.2) is 18.2 Å². The fourth-order valence-corrected chi connectivity index (χ4v) is 2.92. The van der Waals surface area contributed by atoms with Crippen LogP contribution >= 0.6 is 0 Å². The van der Waals surface area contributed by atoms with Gasteiger partial charge in [0.25, 0.3) is 0 Å². The maximum Gasteiger partial charge on any atom is 0.407 e. The van der Waals surface area contributed by atoms with E-state index in [4.69, 9.17) is 9.47 Å². The lowest BCUT2D eigenvalue weighted by Gasteiger charge is -2.28. The van der Waals surface area contributed by atoms with Crippen molar-refractivity contribution in [3.8, 4) is 5.75 Å². The highest BCUT2D eigenvalue weighted by atomic mass is 16.6. The van der Waals surface area contributed by atoms with E-state index in [0.717, 1.165) is 12.8 Å². The van der Waals surface area contributed by atoms with Gasteiger partial charge in [0.2, 0.25) is 0 Å². The van der Waals surface area contributed by atoms with E-state index >= 15 is 0 Å². The van der Waals surface area contributed by atoms with Gasteiger partial charge in [-0.25, -0.2) is 4.79 Å². The normalized spacial score (nSPS) is 12.7. The molecule has 0 saturated heterocycles.